The first kappa shape index (κ1) is 17.7. The average molecular weight is 348 g/mol. The van der Waals surface area contributed by atoms with Crippen molar-refractivity contribution in [3.05, 3.63) is 78.6 Å². The SMILES string of the molecule is CN(CCCNC(=O)Cc1ccc(-n2cccn2)cc1)c1ccccc1. The van der Waals surface area contributed by atoms with Crippen molar-refractivity contribution in [1.29, 1.82) is 0 Å². The summed E-state index contributed by atoms with van der Waals surface area (Å²) >= 11 is 0. The highest BCUT2D eigenvalue weighted by Crippen LogP contribution is 2.11. The Balaban J connectivity index is 1.39. The van der Waals surface area contributed by atoms with Crippen LogP contribution < -0.4 is 10.2 Å². The Labute approximate surface area is 154 Å². The second-order valence-electron chi connectivity index (χ2n) is 6.25. The van der Waals surface area contributed by atoms with Crippen molar-refractivity contribution in [1.82, 2.24) is 15.1 Å². The lowest BCUT2D eigenvalue weighted by Crippen LogP contribution is -2.29. The zero-order chi connectivity index (χ0) is 18.2. The molecule has 0 aliphatic heterocycles. The maximum absolute atomic E-state index is 12.1. The lowest BCUT2D eigenvalue weighted by atomic mass is 10.1. The molecule has 5 nitrogen and oxygen atoms in total. The number of hydrogen-bond donors (Lipinski definition) is 1. The number of carbonyl (C=O) groups is 1. The summed E-state index contributed by atoms with van der Waals surface area (Å²) in [5.41, 5.74) is 3.18. The zero-order valence-electron chi connectivity index (χ0n) is 15.0. The van der Waals surface area contributed by atoms with E-state index in [2.05, 4.69) is 34.5 Å². The van der Waals surface area contributed by atoms with E-state index in [-0.39, 0.29) is 5.91 Å². The molecule has 5 heteroatoms. The quantitative estimate of drug-likeness (QED) is 0.637. The van der Waals surface area contributed by atoms with Gasteiger partial charge in [-0.05, 0) is 42.3 Å². The molecule has 0 aliphatic rings. The van der Waals surface area contributed by atoms with Gasteiger partial charge in [0.05, 0.1) is 12.1 Å². The summed E-state index contributed by atoms with van der Waals surface area (Å²) in [5.74, 6) is 0.0548. The first-order chi connectivity index (χ1) is 12.7. The van der Waals surface area contributed by atoms with Crippen molar-refractivity contribution in [2.24, 2.45) is 0 Å². The molecule has 3 rings (SSSR count). The number of nitrogens with one attached hydrogen (secondary N) is 1. The fourth-order valence-electron chi connectivity index (χ4n) is 2.79. The van der Waals surface area contributed by atoms with Crippen molar-refractivity contribution in [3.63, 3.8) is 0 Å². The number of hydrogen-bond acceptors (Lipinski definition) is 3. The second-order valence-corrected chi connectivity index (χ2v) is 6.25. The first-order valence-electron chi connectivity index (χ1n) is 8.84. The molecule has 1 amide bonds. The van der Waals surface area contributed by atoms with Crippen LogP contribution in [0.4, 0.5) is 5.69 Å². The minimum Gasteiger partial charge on any atom is -0.375 e. The van der Waals surface area contributed by atoms with Crippen molar-refractivity contribution < 1.29 is 4.79 Å². The molecule has 0 saturated carbocycles. The van der Waals surface area contributed by atoms with Gasteiger partial charge in [-0.15, -0.1) is 0 Å². The standard InChI is InChI=1S/C21H24N4O/c1-24(19-7-3-2-4-8-19)15-5-13-22-21(26)17-18-9-11-20(12-10-18)25-16-6-14-23-25/h2-4,6-12,14,16H,5,13,15,17H2,1H3,(H,22,26). The number of rotatable bonds is 8. The normalized spacial score (nSPS) is 10.5. The van der Waals surface area contributed by atoms with Crippen LogP contribution in [0.5, 0.6) is 0 Å². The largest absolute Gasteiger partial charge is 0.375 e. The Kier molecular flexibility index (Phi) is 6.04. The van der Waals surface area contributed by atoms with E-state index in [1.165, 1.54) is 5.69 Å². The van der Waals surface area contributed by atoms with Crippen LogP contribution in [-0.2, 0) is 11.2 Å². The summed E-state index contributed by atoms with van der Waals surface area (Å²) < 4.78 is 1.80. The molecule has 26 heavy (non-hydrogen) atoms. The van der Waals surface area contributed by atoms with Gasteiger partial charge in [-0.2, -0.15) is 5.10 Å². The molecule has 0 spiro atoms. The molecule has 2 aromatic carbocycles. The third-order valence-electron chi connectivity index (χ3n) is 4.26. The number of para-hydroxylation sites is 1. The van der Waals surface area contributed by atoms with Crippen LogP contribution in [0.25, 0.3) is 5.69 Å². The molecule has 0 saturated heterocycles. The lowest BCUT2D eigenvalue weighted by Gasteiger charge is -2.19. The van der Waals surface area contributed by atoms with Gasteiger partial charge in [0.1, 0.15) is 0 Å². The molecule has 0 bridgehead atoms. The van der Waals surface area contributed by atoms with Gasteiger partial charge in [0.15, 0.2) is 0 Å². The molecule has 0 aliphatic carbocycles. The van der Waals surface area contributed by atoms with Crippen LogP contribution in [0.15, 0.2) is 73.1 Å². The molecule has 0 atom stereocenters. The van der Waals surface area contributed by atoms with E-state index in [4.69, 9.17) is 0 Å². The summed E-state index contributed by atoms with van der Waals surface area (Å²) in [6, 6.07) is 20.0. The lowest BCUT2D eigenvalue weighted by molar-refractivity contribution is -0.120. The summed E-state index contributed by atoms with van der Waals surface area (Å²) in [5, 5.41) is 7.19. The van der Waals surface area contributed by atoms with Gasteiger partial charge in [0.25, 0.3) is 0 Å². The molecule has 134 valence electrons. The number of nitrogens with zero attached hydrogens (tertiary/aromatic N) is 3. The zero-order valence-corrected chi connectivity index (χ0v) is 15.0. The maximum Gasteiger partial charge on any atom is 0.224 e. The molecule has 1 N–H and O–H groups in total. The van der Waals surface area contributed by atoms with Crippen LogP contribution in [0, 0.1) is 0 Å². The Morgan fingerprint density at radius 1 is 1.08 bits per heavy atom. The van der Waals surface area contributed by atoms with E-state index in [0.717, 1.165) is 24.2 Å². The molecule has 1 heterocycles. The maximum atomic E-state index is 12.1. The molecular weight excluding hydrogens is 324 g/mol. The van der Waals surface area contributed by atoms with E-state index < -0.39 is 0 Å². The number of benzene rings is 2. The fourth-order valence-corrected chi connectivity index (χ4v) is 2.79. The predicted octanol–water partition coefficient (Wildman–Crippen LogP) is 3.06. The van der Waals surface area contributed by atoms with Gasteiger partial charge in [-0.25, -0.2) is 4.68 Å². The Hall–Kier alpha value is -3.08. The molecule has 0 radical (unpaired) electrons. The van der Waals surface area contributed by atoms with E-state index in [1.54, 1.807) is 10.9 Å². The summed E-state index contributed by atoms with van der Waals surface area (Å²) in [6.45, 7) is 1.59. The van der Waals surface area contributed by atoms with Crippen LogP contribution in [0.2, 0.25) is 0 Å². The number of aromatic nitrogens is 2. The van der Waals surface area contributed by atoms with Gasteiger partial charge in [0, 0.05) is 38.2 Å². The summed E-state index contributed by atoms with van der Waals surface area (Å²) in [6.07, 6.45) is 4.95. The van der Waals surface area contributed by atoms with Crippen molar-refractivity contribution in [2.75, 3.05) is 25.0 Å². The molecule has 3 aromatic rings. The molecular formula is C21H24N4O. The number of carbonyl (C=O) groups excluding carboxylic acids is 1. The monoisotopic (exact) mass is 348 g/mol. The number of anilines is 1. The summed E-state index contributed by atoms with van der Waals surface area (Å²) in [7, 11) is 2.07. The van der Waals surface area contributed by atoms with Crippen LogP contribution >= 0.6 is 0 Å². The Morgan fingerprint density at radius 2 is 1.85 bits per heavy atom. The third kappa shape index (κ3) is 4.96. The highest BCUT2D eigenvalue weighted by Gasteiger charge is 2.05. The Morgan fingerprint density at radius 3 is 2.54 bits per heavy atom. The van der Waals surface area contributed by atoms with Gasteiger partial charge >= 0.3 is 0 Å². The highest BCUT2D eigenvalue weighted by atomic mass is 16.1. The van der Waals surface area contributed by atoms with E-state index in [0.29, 0.717) is 13.0 Å². The smallest absolute Gasteiger partial charge is 0.224 e. The van der Waals surface area contributed by atoms with Gasteiger partial charge in [-0.1, -0.05) is 30.3 Å². The average Bonchev–Trinajstić information content (AvgIpc) is 3.21. The van der Waals surface area contributed by atoms with Crippen molar-refractivity contribution in [2.45, 2.75) is 12.8 Å². The molecule has 0 unspecified atom stereocenters. The van der Waals surface area contributed by atoms with Crippen LogP contribution in [0.1, 0.15) is 12.0 Å². The van der Waals surface area contributed by atoms with E-state index in [1.807, 2.05) is 54.7 Å². The topological polar surface area (TPSA) is 50.2 Å². The molecule has 1 aromatic heterocycles. The van der Waals surface area contributed by atoms with E-state index in [9.17, 15) is 4.79 Å². The fraction of sp³-hybridized carbons (Fsp3) is 0.238. The van der Waals surface area contributed by atoms with E-state index >= 15 is 0 Å². The number of amides is 1. The first-order valence-corrected chi connectivity index (χ1v) is 8.84. The predicted molar refractivity (Wildman–Crippen MR) is 105 cm³/mol. The third-order valence-corrected chi connectivity index (χ3v) is 4.26. The molecule has 0 fully saturated rings. The van der Waals surface area contributed by atoms with Gasteiger partial charge in [-0.3, -0.25) is 4.79 Å². The van der Waals surface area contributed by atoms with Crippen LogP contribution in [-0.4, -0.2) is 35.8 Å². The Bertz CT molecular complexity index is 798. The minimum absolute atomic E-state index is 0.0548. The van der Waals surface area contributed by atoms with Crippen molar-refractivity contribution in [3.8, 4) is 5.69 Å². The minimum atomic E-state index is 0.0548. The van der Waals surface area contributed by atoms with Gasteiger partial charge in [0.2, 0.25) is 5.91 Å². The van der Waals surface area contributed by atoms with Gasteiger partial charge < -0.3 is 10.2 Å². The highest BCUT2D eigenvalue weighted by molar-refractivity contribution is 5.78. The summed E-state index contributed by atoms with van der Waals surface area (Å²) in [4.78, 5) is 14.3. The van der Waals surface area contributed by atoms with Crippen molar-refractivity contribution >= 4 is 11.6 Å². The second kappa shape index (κ2) is 8.85. The van der Waals surface area contributed by atoms with Crippen LogP contribution in [0.3, 0.4) is 0 Å².